The van der Waals surface area contributed by atoms with Crippen LogP contribution in [0.1, 0.15) is 12.5 Å². The third kappa shape index (κ3) is 6.27. The molecule has 0 unspecified atom stereocenters. The molecular formula is C20H23BrFN3O4S. The molecule has 1 atom stereocenters. The van der Waals surface area contributed by atoms with Crippen molar-refractivity contribution in [1.82, 2.24) is 10.2 Å². The van der Waals surface area contributed by atoms with Crippen LogP contribution >= 0.6 is 15.9 Å². The predicted octanol–water partition coefficient (Wildman–Crippen LogP) is 2.52. The fourth-order valence-corrected chi connectivity index (χ4v) is 4.16. The summed E-state index contributed by atoms with van der Waals surface area (Å²) >= 11 is 3.37. The lowest BCUT2D eigenvalue weighted by Gasteiger charge is -2.31. The van der Waals surface area contributed by atoms with E-state index >= 15 is 0 Å². The summed E-state index contributed by atoms with van der Waals surface area (Å²) in [5.74, 6) is -1.62. The Morgan fingerprint density at radius 2 is 1.83 bits per heavy atom. The van der Waals surface area contributed by atoms with Crippen LogP contribution in [0.2, 0.25) is 0 Å². The van der Waals surface area contributed by atoms with Gasteiger partial charge in [-0.05, 0) is 42.8 Å². The zero-order valence-corrected chi connectivity index (χ0v) is 19.2. The summed E-state index contributed by atoms with van der Waals surface area (Å²) in [7, 11) is -2.43. The highest BCUT2D eigenvalue weighted by Crippen LogP contribution is 2.20. The van der Waals surface area contributed by atoms with Crippen molar-refractivity contribution in [3.05, 3.63) is 64.4 Å². The fourth-order valence-electron chi connectivity index (χ4n) is 2.87. The van der Waals surface area contributed by atoms with E-state index in [1.165, 1.54) is 30.1 Å². The number of likely N-dealkylation sites (N-methyl/N-ethyl adjacent to an activating group) is 1. The summed E-state index contributed by atoms with van der Waals surface area (Å²) in [4.78, 5) is 26.7. The number of anilines is 1. The van der Waals surface area contributed by atoms with Gasteiger partial charge in [0.15, 0.2) is 0 Å². The standard InChI is InChI=1S/C20H23BrFN3O4S/c1-14(20(27)23-2)24(12-15-6-4-7-16(21)10-15)19(26)13-25(30(3,28)29)18-9-5-8-17(22)11-18/h4-11,14H,12-13H2,1-3H3,(H,23,27)/t14-/m1/s1. The molecule has 1 N–H and O–H groups in total. The van der Waals surface area contributed by atoms with Crippen LogP contribution < -0.4 is 9.62 Å². The van der Waals surface area contributed by atoms with E-state index in [9.17, 15) is 22.4 Å². The van der Waals surface area contributed by atoms with E-state index in [-0.39, 0.29) is 12.2 Å². The number of hydrogen-bond donors (Lipinski definition) is 1. The van der Waals surface area contributed by atoms with Crippen LogP contribution in [-0.4, -0.2) is 51.0 Å². The van der Waals surface area contributed by atoms with E-state index in [2.05, 4.69) is 21.2 Å². The van der Waals surface area contributed by atoms with E-state index in [1.807, 2.05) is 6.07 Å². The summed E-state index contributed by atoms with van der Waals surface area (Å²) in [6.45, 7) is 1.08. The first kappa shape index (κ1) is 23.8. The Balaban J connectivity index is 2.38. The molecule has 0 aliphatic rings. The van der Waals surface area contributed by atoms with Gasteiger partial charge in [-0.1, -0.05) is 34.1 Å². The molecule has 0 aromatic heterocycles. The molecule has 0 saturated heterocycles. The van der Waals surface area contributed by atoms with Gasteiger partial charge in [0.2, 0.25) is 21.8 Å². The molecule has 0 radical (unpaired) electrons. The van der Waals surface area contributed by atoms with Gasteiger partial charge in [0.05, 0.1) is 11.9 Å². The molecule has 162 valence electrons. The minimum atomic E-state index is -3.88. The molecule has 0 aliphatic carbocycles. The molecule has 2 amide bonds. The predicted molar refractivity (Wildman–Crippen MR) is 117 cm³/mol. The number of halogens is 2. The lowest BCUT2D eigenvalue weighted by Crippen LogP contribution is -2.50. The average Bonchev–Trinajstić information content (AvgIpc) is 2.68. The van der Waals surface area contributed by atoms with E-state index < -0.39 is 40.2 Å². The number of hydrogen-bond acceptors (Lipinski definition) is 4. The molecule has 10 heteroatoms. The highest BCUT2D eigenvalue weighted by Gasteiger charge is 2.29. The molecule has 0 fully saturated rings. The second kappa shape index (κ2) is 10.0. The SMILES string of the molecule is CNC(=O)[C@@H](C)N(Cc1cccc(Br)c1)C(=O)CN(c1cccc(F)c1)S(C)(=O)=O. The molecule has 0 heterocycles. The lowest BCUT2D eigenvalue weighted by molar-refractivity contribution is -0.139. The van der Waals surface area contributed by atoms with Crippen LogP contribution in [0.3, 0.4) is 0 Å². The van der Waals surface area contributed by atoms with Gasteiger partial charge in [0, 0.05) is 18.1 Å². The van der Waals surface area contributed by atoms with Crippen molar-refractivity contribution >= 4 is 43.5 Å². The number of benzene rings is 2. The Hall–Kier alpha value is -2.46. The molecule has 0 bridgehead atoms. The number of carbonyl (C=O) groups is 2. The normalized spacial score (nSPS) is 12.2. The lowest BCUT2D eigenvalue weighted by atomic mass is 10.1. The van der Waals surface area contributed by atoms with Crippen molar-refractivity contribution in [3.8, 4) is 0 Å². The Morgan fingerprint density at radius 1 is 1.17 bits per heavy atom. The van der Waals surface area contributed by atoms with Crippen LogP contribution in [0.15, 0.2) is 53.0 Å². The molecule has 2 aromatic rings. The van der Waals surface area contributed by atoms with E-state index in [0.717, 1.165) is 26.7 Å². The first-order valence-corrected chi connectivity index (χ1v) is 11.7. The van der Waals surface area contributed by atoms with Gasteiger partial charge in [-0.15, -0.1) is 0 Å². The maximum Gasteiger partial charge on any atom is 0.244 e. The van der Waals surface area contributed by atoms with Gasteiger partial charge in [0.1, 0.15) is 18.4 Å². The number of rotatable bonds is 8. The van der Waals surface area contributed by atoms with Crippen molar-refractivity contribution in [1.29, 1.82) is 0 Å². The quantitative estimate of drug-likeness (QED) is 0.604. The van der Waals surface area contributed by atoms with Gasteiger partial charge in [-0.2, -0.15) is 0 Å². The Kier molecular flexibility index (Phi) is 7.96. The second-order valence-electron chi connectivity index (χ2n) is 6.69. The maximum atomic E-state index is 13.6. The Labute approximate surface area is 184 Å². The zero-order chi connectivity index (χ0) is 22.5. The molecule has 30 heavy (non-hydrogen) atoms. The minimum absolute atomic E-state index is 0.0286. The van der Waals surface area contributed by atoms with E-state index in [1.54, 1.807) is 25.1 Å². The average molecular weight is 500 g/mol. The molecule has 7 nitrogen and oxygen atoms in total. The van der Waals surface area contributed by atoms with Crippen molar-refractivity contribution in [2.45, 2.75) is 19.5 Å². The van der Waals surface area contributed by atoms with Crippen molar-refractivity contribution < 1.29 is 22.4 Å². The van der Waals surface area contributed by atoms with Crippen LogP contribution in [0, 0.1) is 5.82 Å². The topological polar surface area (TPSA) is 86.8 Å². The highest BCUT2D eigenvalue weighted by molar-refractivity contribution is 9.10. The number of nitrogens with zero attached hydrogens (tertiary/aromatic N) is 2. The number of nitrogens with one attached hydrogen (secondary N) is 1. The molecule has 2 rings (SSSR count). The summed E-state index contributed by atoms with van der Waals surface area (Å²) in [5, 5.41) is 2.50. The second-order valence-corrected chi connectivity index (χ2v) is 9.51. The third-order valence-electron chi connectivity index (χ3n) is 4.43. The summed E-state index contributed by atoms with van der Waals surface area (Å²) < 4.78 is 39.9. The first-order valence-electron chi connectivity index (χ1n) is 9.01. The van der Waals surface area contributed by atoms with Crippen LogP contribution in [0.25, 0.3) is 0 Å². The molecule has 0 saturated carbocycles. The van der Waals surface area contributed by atoms with Crippen molar-refractivity contribution in [3.63, 3.8) is 0 Å². The van der Waals surface area contributed by atoms with E-state index in [0.29, 0.717) is 0 Å². The zero-order valence-electron chi connectivity index (χ0n) is 16.8. The van der Waals surface area contributed by atoms with Crippen molar-refractivity contribution in [2.75, 3.05) is 24.2 Å². The molecular weight excluding hydrogens is 477 g/mol. The third-order valence-corrected chi connectivity index (χ3v) is 6.06. The number of carbonyl (C=O) groups excluding carboxylic acids is 2. The number of amides is 2. The van der Waals surface area contributed by atoms with E-state index in [4.69, 9.17) is 0 Å². The van der Waals surface area contributed by atoms with Crippen molar-refractivity contribution in [2.24, 2.45) is 0 Å². The smallest absolute Gasteiger partial charge is 0.244 e. The maximum absolute atomic E-state index is 13.6. The van der Waals surface area contributed by atoms with Gasteiger partial charge in [0.25, 0.3) is 0 Å². The summed E-state index contributed by atoms with van der Waals surface area (Å²) in [5.41, 5.74) is 0.783. The van der Waals surface area contributed by atoms with Gasteiger partial charge >= 0.3 is 0 Å². The van der Waals surface area contributed by atoms with Crippen LogP contribution in [0.4, 0.5) is 10.1 Å². The highest BCUT2D eigenvalue weighted by atomic mass is 79.9. The minimum Gasteiger partial charge on any atom is -0.357 e. The van der Waals surface area contributed by atoms with Gasteiger partial charge < -0.3 is 10.2 Å². The Bertz CT molecular complexity index is 1030. The largest absolute Gasteiger partial charge is 0.357 e. The first-order chi connectivity index (χ1) is 14.0. The summed E-state index contributed by atoms with van der Waals surface area (Å²) in [6, 6.07) is 11.3. The van der Waals surface area contributed by atoms with Gasteiger partial charge in [-0.3, -0.25) is 13.9 Å². The Morgan fingerprint density at radius 3 is 2.40 bits per heavy atom. The summed E-state index contributed by atoms with van der Waals surface area (Å²) in [6.07, 6.45) is 0.937. The fraction of sp³-hybridized carbons (Fsp3) is 0.300. The van der Waals surface area contributed by atoms with Gasteiger partial charge in [-0.25, -0.2) is 12.8 Å². The number of sulfonamides is 1. The van der Waals surface area contributed by atoms with Crippen LogP contribution in [0.5, 0.6) is 0 Å². The van der Waals surface area contributed by atoms with Crippen LogP contribution in [-0.2, 0) is 26.2 Å². The molecule has 0 aliphatic heterocycles. The molecule has 2 aromatic carbocycles. The molecule has 0 spiro atoms. The monoisotopic (exact) mass is 499 g/mol.